The van der Waals surface area contributed by atoms with Crippen molar-refractivity contribution in [3.8, 4) is 11.8 Å². The van der Waals surface area contributed by atoms with Gasteiger partial charge in [-0.1, -0.05) is 35.7 Å². The third-order valence-electron chi connectivity index (χ3n) is 3.13. The molecule has 0 aromatic heterocycles. The van der Waals surface area contributed by atoms with Crippen molar-refractivity contribution >= 4 is 38.3 Å². The Morgan fingerprint density at radius 3 is 2.32 bits per heavy atom. The molecule has 22 heavy (non-hydrogen) atoms. The Balaban J connectivity index is 2.55. The van der Waals surface area contributed by atoms with E-state index >= 15 is 0 Å². The topological polar surface area (TPSA) is 37.4 Å². The van der Waals surface area contributed by atoms with Gasteiger partial charge >= 0.3 is 0 Å². The molecule has 2 rings (SSSR count). The molecule has 3 nitrogen and oxygen atoms in total. The number of aryl methyl sites for hydroxylation is 1. The minimum Gasteiger partial charge on any atom is -0.253 e. The van der Waals surface area contributed by atoms with Gasteiger partial charge in [0.2, 0.25) is 0 Å². The predicted molar refractivity (Wildman–Crippen MR) is 98.3 cm³/mol. The summed E-state index contributed by atoms with van der Waals surface area (Å²) in [4.78, 5) is 0.274. The van der Waals surface area contributed by atoms with Gasteiger partial charge in [0.05, 0.1) is 17.1 Å². The summed E-state index contributed by atoms with van der Waals surface area (Å²) in [5.74, 6) is 5.62. The van der Waals surface area contributed by atoms with E-state index < -0.39 is 10.0 Å². The molecule has 0 atom stereocenters. The van der Waals surface area contributed by atoms with Crippen molar-refractivity contribution in [2.45, 2.75) is 18.7 Å². The molecule has 114 valence electrons. The number of hydrogen-bond donors (Lipinski definition) is 0. The quantitative estimate of drug-likeness (QED) is 0.552. The van der Waals surface area contributed by atoms with Gasteiger partial charge in [0, 0.05) is 3.57 Å². The first-order chi connectivity index (χ1) is 10.5. The third kappa shape index (κ3) is 3.62. The van der Waals surface area contributed by atoms with Crippen LogP contribution in [0.25, 0.3) is 0 Å². The molecule has 0 radical (unpaired) electrons. The number of anilines is 1. The first kappa shape index (κ1) is 16.8. The monoisotopic (exact) mass is 425 g/mol. The Morgan fingerprint density at radius 2 is 1.73 bits per heavy atom. The molecule has 0 saturated heterocycles. The van der Waals surface area contributed by atoms with E-state index in [-0.39, 0.29) is 11.4 Å². The lowest BCUT2D eigenvalue weighted by molar-refractivity contribution is 0.593. The Hall–Kier alpha value is -1.52. The standard InChI is InChI=1S/C17H16INO2S/c1-3-4-13-19(17-8-6-5-7-16(17)18)22(20,21)15-11-9-14(2)10-12-15/h5-12H,13H2,1-2H3. The zero-order valence-electron chi connectivity index (χ0n) is 12.4. The molecule has 0 spiro atoms. The molecule has 2 aromatic rings. The van der Waals surface area contributed by atoms with Crippen molar-refractivity contribution in [2.75, 3.05) is 10.8 Å². The Kier molecular flexibility index (Phi) is 5.48. The summed E-state index contributed by atoms with van der Waals surface area (Å²) in [6.07, 6.45) is 0. The van der Waals surface area contributed by atoms with Crippen LogP contribution in [-0.4, -0.2) is 15.0 Å². The van der Waals surface area contributed by atoms with Crippen LogP contribution >= 0.6 is 22.6 Å². The number of nitrogens with zero attached hydrogens (tertiary/aromatic N) is 1. The second kappa shape index (κ2) is 7.16. The molecule has 5 heteroatoms. The van der Waals surface area contributed by atoms with Gasteiger partial charge in [0.15, 0.2) is 0 Å². The normalized spacial score (nSPS) is 10.7. The summed E-state index contributed by atoms with van der Waals surface area (Å²) in [6, 6.07) is 14.2. The maximum absolute atomic E-state index is 13.0. The summed E-state index contributed by atoms with van der Waals surface area (Å²) in [7, 11) is -3.64. The Morgan fingerprint density at radius 1 is 1.09 bits per heavy atom. The van der Waals surface area contributed by atoms with Crippen LogP contribution in [0.15, 0.2) is 53.4 Å². The summed E-state index contributed by atoms with van der Waals surface area (Å²) in [5, 5.41) is 0. The van der Waals surface area contributed by atoms with E-state index in [1.165, 1.54) is 4.31 Å². The second-order valence-corrected chi connectivity index (χ2v) is 7.73. The molecule has 0 aliphatic rings. The smallest absolute Gasteiger partial charge is 0.253 e. The van der Waals surface area contributed by atoms with Gasteiger partial charge in [-0.2, -0.15) is 0 Å². The van der Waals surface area contributed by atoms with E-state index in [4.69, 9.17) is 0 Å². The van der Waals surface area contributed by atoms with Crippen molar-refractivity contribution in [2.24, 2.45) is 0 Å². The average Bonchev–Trinajstić information content (AvgIpc) is 2.49. The van der Waals surface area contributed by atoms with Crippen molar-refractivity contribution in [3.63, 3.8) is 0 Å². The van der Waals surface area contributed by atoms with Crippen molar-refractivity contribution in [1.82, 2.24) is 0 Å². The highest BCUT2D eigenvalue weighted by Gasteiger charge is 2.25. The fraction of sp³-hybridized carbons (Fsp3) is 0.176. The van der Waals surface area contributed by atoms with E-state index in [0.29, 0.717) is 5.69 Å². The molecule has 0 aliphatic heterocycles. The summed E-state index contributed by atoms with van der Waals surface area (Å²) in [6.45, 7) is 3.76. The molecule has 0 bridgehead atoms. The van der Waals surface area contributed by atoms with E-state index in [1.807, 2.05) is 25.1 Å². The van der Waals surface area contributed by atoms with Crippen LogP contribution in [0.5, 0.6) is 0 Å². The lowest BCUT2D eigenvalue weighted by Crippen LogP contribution is -2.32. The van der Waals surface area contributed by atoms with Crippen LogP contribution in [0.4, 0.5) is 5.69 Å². The highest BCUT2D eigenvalue weighted by molar-refractivity contribution is 14.1. The fourth-order valence-corrected chi connectivity index (χ4v) is 4.17. The summed E-state index contributed by atoms with van der Waals surface area (Å²) >= 11 is 2.14. The van der Waals surface area contributed by atoms with Gasteiger partial charge in [-0.25, -0.2) is 8.42 Å². The second-order valence-electron chi connectivity index (χ2n) is 4.70. The van der Waals surface area contributed by atoms with Gasteiger partial charge in [0.1, 0.15) is 0 Å². The highest BCUT2D eigenvalue weighted by Crippen LogP contribution is 2.27. The Bertz CT molecular complexity index is 818. The van der Waals surface area contributed by atoms with Gasteiger partial charge < -0.3 is 0 Å². The minimum atomic E-state index is -3.64. The van der Waals surface area contributed by atoms with Crippen molar-refractivity contribution in [1.29, 1.82) is 0 Å². The lowest BCUT2D eigenvalue weighted by atomic mass is 10.2. The van der Waals surface area contributed by atoms with Gasteiger partial charge in [0.25, 0.3) is 10.0 Å². The first-order valence-corrected chi connectivity index (χ1v) is 9.22. The van der Waals surface area contributed by atoms with Crippen LogP contribution in [0.3, 0.4) is 0 Å². The molecular formula is C17H16INO2S. The van der Waals surface area contributed by atoms with Crippen LogP contribution in [0.2, 0.25) is 0 Å². The van der Waals surface area contributed by atoms with E-state index in [2.05, 4.69) is 34.4 Å². The molecule has 0 amide bonds. The van der Waals surface area contributed by atoms with Crippen molar-refractivity contribution < 1.29 is 8.42 Å². The molecule has 0 saturated carbocycles. The van der Waals surface area contributed by atoms with E-state index in [9.17, 15) is 8.42 Å². The maximum Gasteiger partial charge on any atom is 0.265 e. The number of para-hydroxylation sites is 1. The van der Waals surface area contributed by atoms with E-state index in [1.54, 1.807) is 37.3 Å². The third-order valence-corrected chi connectivity index (χ3v) is 5.82. The summed E-state index contributed by atoms with van der Waals surface area (Å²) < 4.78 is 28.1. The van der Waals surface area contributed by atoms with Gasteiger partial charge in [-0.05, 0) is 60.7 Å². The van der Waals surface area contributed by atoms with Crippen LogP contribution in [0.1, 0.15) is 12.5 Å². The molecule has 0 heterocycles. The average molecular weight is 425 g/mol. The van der Waals surface area contributed by atoms with Crippen LogP contribution in [0, 0.1) is 22.3 Å². The molecule has 0 fully saturated rings. The lowest BCUT2D eigenvalue weighted by Gasteiger charge is -2.23. The number of benzene rings is 2. The number of hydrogen-bond acceptors (Lipinski definition) is 2. The summed E-state index contributed by atoms with van der Waals surface area (Å²) in [5.41, 5.74) is 1.67. The largest absolute Gasteiger partial charge is 0.265 e. The molecule has 0 aliphatic carbocycles. The van der Waals surface area contributed by atoms with Crippen LogP contribution < -0.4 is 4.31 Å². The van der Waals surface area contributed by atoms with Crippen LogP contribution in [-0.2, 0) is 10.0 Å². The maximum atomic E-state index is 13.0. The predicted octanol–water partition coefficient (Wildman–Crippen LogP) is 3.82. The van der Waals surface area contributed by atoms with Crippen molar-refractivity contribution in [3.05, 3.63) is 57.7 Å². The number of rotatable bonds is 4. The van der Waals surface area contributed by atoms with Gasteiger partial charge in [-0.3, -0.25) is 4.31 Å². The zero-order chi connectivity index (χ0) is 16.2. The molecule has 0 N–H and O–H groups in total. The fourth-order valence-electron chi connectivity index (χ4n) is 1.94. The SMILES string of the molecule is CC#CCN(c1ccccc1I)S(=O)(=O)c1ccc(C)cc1. The van der Waals surface area contributed by atoms with Gasteiger partial charge in [-0.15, -0.1) is 5.92 Å². The zero-order valence-corrected chi connectivity index (χ0v) is 15.3. The molecule has 2 aromatic carbocycles. The minimum absolute atomic E-state index is 0.132. The highest BCUT2D eigenvalue weighted by atomic mass is 127. The molecule has 0 unspecified atom stereocenters. The number of sulfonamides is 1. The Labute approximate surface area is 145 Å². The first-order valence-electron chi connectivity index (χ1n) is 6.70. The number of halogens is 1. The molecular weight excluding hydrogens is 409 g/mol. The van der Waals surface area contributed by atoms with E-state index in [0.717, 1.165) is 9.13 Å².